The van der Waals surface area contributed by atoms with Crippen molar-refractivity contribution < 1.29 is 0 Å². The van der Waals surface area contributed by atoms with E-state index in [1.165, 1.54) is 11.3 Å². The van der Waals surface area contributed by atoms with Crippen molar-refractivity contribution in [2.24, 2.45) is 0 Å². The Bertz CT molecular complexity index is 270. The molecular weight excluding hydrogens is 148 g/mol. The molecule has 12 heavy (non-hydrogen) atoms. The van der Waals surface area contributed by atoms with Crippen LogP contribution in [-0.2, 0) is 6.42 Å². The quantitative estimate of drug-likeness (QED) is 0.622. The van der Waals surface area contributed by atoms with E-state index in [4.69, 9.17) is 0 Å². The van der Waals surface area contributed by atoms with E-state index in [0.29, 0.717) is 5.92 Å². The third-order valence-electron chi connectivity index (χ3n) is 2.45. The van der Waals surface area contributed by atoms with Crippen LogP contribution in [0.4, 0.5) is 0 Å². The predicted octanol–water partition coefficient (Wildman–Crippen LogP) is 1.33. The molecule has 2 nitrogen and oxygen atoms in total. The summed E-state index contributed by atoms with van der Waals surface area (Å²) in [6, 6.07) is 4.22. The van der Waals surface area contributed by atoms with E-state index >= 15 is 0 Å². The summed E-state index contributed by atoms with van der Waals surface area (Å²) in [4.78, 5) is 4.39. The highest BCUT2D eigenvalue weighted by Crippen LogP contribution is 2.19. The second-order valence-corrected chi connectivity index (χ2v) is 3.39. The van der Waals surface area contributed by atoms with Crippen LogP contribution in [0.1, 0.15) is 24.1 Å². The fourth-order valence-corrected chi connectivity index (χ4v) is 1.74. The fraction of sp³-hybridized carbons (Fsp3) is 0.500. The van der Waals surface area contributed by atoms with Crippen molar-refractivity contribution in [3.63, 3.8) is 0 Å². The summed E-state index contributed by atoms with van der Waals surface area (Å²) in [5.41, 5.74) is 2.69. The van der Waals surface area contributed by atoms with Gasteiger partial charge in [-0.25, -0.2) is 0 Å². The van der Waals surface area contributed by atoms with Gasteiger partial charge in [0.2, 0.25) is 0 Å². The molecule has 1 N–H and O–H groups in total. The van der Waals surface area contributed by atoms with E-state index in [-0.39, 0.29) is 0 Å². The van der Waals surface area contributed by atoms with Gasteiger partial charge < -0.3 is 5.32 Å². The second-order valence-electron chi connectivity index (χ2n) is 3.39. The highest BCUT2D eigenvalue weighted by atomic mass is 14.9. The Morgan fingerprint density at radius 1 is 1.58 bits per heavy atom. The van der Waals surface area contributed by atoms with E-state index in [9.17, 15) is 0 Å². The maximum Gasteiger partial charge on any atom is 0.0451 e. The third-order valence-corrected chi connectivity index (χ3v) is 2.45. The molecule has 0 aliphatic carbocycles. The molecule has 0 radical (unpaired) electrons. The summed E-state index contributed by atoms with van der Waals surface area (Å²) in [6.07, 6.45) is 2.96. The van der Waals surface area contributed by atoms with Gasteiger partial charge in [-0.1, -0.05) is 13.0 Å². The minimum Gasteiger partial charge on any atom is -0.316 e. The summed E-state index contributed by atoms with van der Waals surface area (Å²) < 4.78 is 0. The first kappa shape index (κ1) is 7.74. The van der Waals surface area contributed by atoms with Crippen molar-refractivity contribution in [3.8, 4) is 0 Å². The smallest absolute Gasteiger partial charge is 0.0451 e. The molecule has 1 aliphatic rings. The van der Waals surface area contributed by atoms with E-state index in [1.54, 1.807) is 0 Å². The van der Waals surface area contributed by atoms with E-state index in [0.717, 1.165) is 19.5 Å². The molecule has 0 saturated heterocycles. The standard InChI is InChI=1S/C10H14N2/c1-8-7-11-6-4-10-9(8)3-2-5-12-10/h2-3,5,8,11H,4,6-7H2,1H3/t8-/m1/s1. The number of nitrogens with zero attached hydrogens (tertiary/aromatic N) is 1. The molecular formula is C10H14N2. The molecule has 2 heterocycles. The molecule has 2 rings (SSSR count). The minimum atomic E-state index is 0.608. The fourth-order valence-electron chi connectivity index (χ4n) is 1.74. The Balaban J connectivity index is 2.39. The number of hydrogen-bond acceptors (Lipinski definition) is 2. The minimum absolute atomic E-state index is 0.608. The number of fused-ring (bicyclic) bond motifs is 1. The first-order valence-corrected chi connectivity index (χ1v) is 4.52. The predicted molar refractivity (Wildman–Crippen MR) is 49.2 cm³/mol. The van der Waals surface area contributed by atoms with Gasteiger partial charge >= 0.3 is 0 Å². The zero-order chi connectivity index (χ0) is 8.39. The average Bonchev–Trinajstić information content (AvgIpc) is 2.29. The first-order chi connectivity index (χ1) is 5.88. The molecule has 2 heteroatoms. The number of nitrogens with one attached hydrogen (secondary N) is 1. The van der Waals surface area contributed by atoms with Crippen LogP contribution in [-0.4, -0.2) is 18.1 Å². The van der Waals surface area contributed by atoms with Gasteiger partial charge in [-0.3, -0.25) is 4.98 Å². The van der Waals surface area contributed by atoms with Gasteiger partial charge in [0.05, 0.1) is 0 Å². The van der Waals surface area contributed by atoms with Gasteiger partial charge in [0.15, 0.2) is 0 Å². The normalized spacial score (nSPS) is 22.9. The van der Waals surface area contributed by atoms with E-state index < -0.39 is 0 Å². The zero-order valence-corrected chi connectivity index (χ0v) is 7.38. The molecule has 1 aromatic rings. The molecule has 0 fully saturated rings. The van der Waals surface area contributed by atoms with Crippen LogP contribution in [0, 0.1) is 0 Å². The van der Waals surface area contributed by atoms with Gasteiger partial charge in [-0.2, -0.15) is 0 Å². The summed E-state index contributed by atoms with van der Waals surface area (Å²) in [7, 11) is 0. The van der Waals surface area contributed by atoms with Crippen molar-refractivity contribution in [1.29, 1.82) is 0 Å². The van der Waals surface area contributed by atoms with Crippen LogP contribution in [0.3, 0.4) is 0 Å². The molecule has 0 saturated carbocycles. The first-order valence-electron chi connectivity index (χ1n) is 4.52. The van der Waals surface area contributed by atoms with Crippen LogP contribution < -0.4 is 5.32 Å². The number of pyridine rings is 1. The summed E-state index contributed by atoms with van der Waals surface area (Å²) in [5, 5.41) is 3.40. The second kappa shape index (κ2) is 3.23. The lowest BCUT2D eigenvalue weighted by atomic mass is 10.00. The molecule has 64 valence electrons. The molecule has 1 aromatic heterocycles. The van der Waals surface area contributed by atoms with Gasteiger partial charge in [0, 0.05) is 31.4 Å². The third kappa shape index (κ3) is 1.34. The van der Waals surface area contributed by atoms with Crippen LogP contribution in [0.2, 0.25) is 0 Å². The average molecular weight is 162 g/mol. The molecule has 0 spiro atoms. The highest BCUT2D eigenvalue weighted by Gasteiger charge is 2.13. The van der Waals surface area contributed by atoms with Gasteiger partial charge in [0.25, 0.3) is 0 Å². The Kier molecular flexibility index (Phi) is 2.09. The van der Waals surface area contributed by atoms with E-state index in [1.807, 2.05) is 12.3 Å². The molecule has 0 unspecified atom stereocenters. The molecule has 0 bridgehead atoms. The summed E-state index contributed by atoms with van der Waals surface area (Å²) >= 11 is 0. The summed E-state index contributed by atoms with van der Waals surface area (Å²) in [5.74, 6) is 0.608. The molecule has 0 aromatic carbocycles. The Hall–Kier alpha value is -0.890. The van der Waals surface area contributed by atoms with Crippen molar-refractivity contribution in [2.45, 2.75) is 19.3 Å². The van der Waals surface area contributed by atoms with Crippen LogP contribution in [0.15, 0.2) is 18.3 Å². The van der Waals surface area contributed by atoms with Crippen molar-refractivity contribution >= 4 is 0 Å². The SMILES string of the molecule is C[C@@H]1CNCCc2ncccc21. The van der Waals surface area contributed by atoms with E-state index in [2.05, 4.69) is 23.3 Å². The Morgan fingerprint density at radius 2 is 2.50 bits per heavy atom. The molecule has 1 atom stereocenters. The van der Waals surface area contributed by atoms with Crippen LogP contribution >= 0.6 is 0 Å². The van der Waals surface area contributed by atoms with Gasteiger partial charge in [0.1, 0.15) is 0 Å². The lowest BCUT2D eigenvalue weighted by Gasteiger charge is -2.09. The number of hydrogen-bond donors (Lipinski definition) is 1. The monoisotopic (exact) mass is 162 g/mol. The molecule has 1 aliphatic heterocycles. The van der Waals surface area contributed by atoms with Gasteiger partial charge in [-0.05, 0) is 17.5 Å². The Labute approximate surface area is 73.0 Å². The van der Waals surface area contributed by atoms with Crippen molar-refractivity contribution in [2.75, 3.05) is 13.1 Å². The number of rotatable bonds is 0. The largest absolute Gasteiger partial charge is 0.316 e. The van der Waals surface area contributed by atoms with Crippen LogP contribution in [0.5, 0.6) is 0 Å². The van der Waals surface area contributed by atoms with Gasteiger partial charge in [-0.15, -0.1) is 0 Å². The highest BCUT2D eigenvalue weighted by molar-refractivity contribution is 5.25. The van der Waals surface area contributed by atoms with Crippen molar-refractivity contribution in [1.82, 2.24) is 10.3 Å². The number of aromatic nitrogens is 1. The summed E-state index contributed by atoms with van der Waals surface area (Å²) in [6.45, 7) is 4.39. The van der Waals surface area contributed by atoms with Crippen molar-refractivity contribution in [3.05, 3.63) is 29.6 Å². The zero-order valence-electron chi connectivity index (χ0n) is 7.38. The maximum absolute atomic E-state index is 4.39. The lowest BCUT2D eigenvalue weighted by Crippen LogP contribution is -2.18. The van der Waals surface area contributed by atoms with Crippen LogP contribution in [0.25, 0.3) is 0 Å². The topological polar surface area (TPSA) is 24.9 Å². The maximum atomic E-state index is 4.39. The lowest BCUT2D eigenvalue weighted by molar-refractivity contribution is 0.644. The molecule has 0 amide bonds. The Morgan fingerprint density at radius 3 is 3.42 bits per heavy atom.